The van der Waals surface area contributed by atoms with Gasteiger partial charge in [0.1, 0.15) is 5.65 Å². The number of halogens is 1. The molecule has 0 saturated heterocycles. The lowest BCUT2D eigenvalue weighted by Crippen LogP contribution is -2.10. The lowest BCUT2D eigenvalue weighted by atomic mass is 10.0. The van der Waals surface area contributed by atoms with Crippen LogP contribution >= 0.6 is 15.9 Å². The number of pyridine rings is 1. The first-order chi connectivity index (χ1) is 12.8. The molecule has 0 radical (unpaired) electrons. The Morgan fingerprint density at radius 1 is 0.885 bits per heavy atom. The fourth-order valence-corrected chi connectivity index (χ4v) is 4.20. The van der Waals surface area contributed by atoms with Gasteiger partial charge in [-0.1, -0.05) is 70.5 Å². The number of rotatable bonds is 2. The summed E-state index contributed by atoms with van der Waals surface area (Å²) in [5.74, 6) is 0. The van der Waals surface area contributed by atoms with Crippen molar-refractivity contribution in [2.24, 2.45) is 0 Å². The van der Waals surface area contributed by atoms with E-state index in [1.165, 1.54) is 27.8 Å². The van der Waals surface area contributed by atoms with Crippen molar-refractivity contribution in [2.45, 2.75) is 11.2 Å². The van der Waals surface area contributed by atoms with Gasteiger partial charge in [0.15, 0.2) is 0 Å². The number of allylic oxidation sites excluding steroid dienone is 1. The van der Waals surface area contributed by atoms with Crippen molar-refractivity contribution in [2.75, 3.05) is 0 Å². The molecule has 2 heterocycles. The molecule has 0 N–H and O–H groups in total. The molecule has 5 rings (SSSR count). The van der Waals surface area contributed by atoms with Crippen LogP contribution < -0.4 is 0 Å². The first kappa shape index (κ1) is 15.6. The van der Waals surface area contributed by atoms with Crippen molar-refractivity contribution >= 4 is 33.0 Å². The molecule has 0 bridgehead atoms. The molecule has 2 aromatic heterocycles. The second kappa shape index (κ2) is 6.26. The van der Waals surface area contributed by atoms with Gasteiger partial charge in [0.25, 0.3) is 0 Å². The largest absolute Gasteiger partial charge is 0.298 e. The highest BCUT2D eigenvalue weighted by Gasteiger charge is 2.22. The van der Waals surface area contributed by atoms with E-state index < -0.39 is 0 Å². The van der Waals surface area contributed by atoms with Crippen LogP contribution in [0, 0.1) is 0 Å². The molecule has 0 saturated carbocycles. The quantitative estimate of drug-likeness (QED) is 0.375. The van der Waals surface area contributed by atoms with Crippen LogP contribution in [0.15, 0.2) is 79.0 Å². The van der Waals surface area contributed by atoms with Crippen molar-refractivity contribution in [1.82, 2.24) is 9.55 Å². The SMILES string of the molecule is BrC1C=Cc2c(n(-c3ccc(-c4ccccc4)cc3)c3ncccc23)C1. The van der Waals surface area contributed by atoms with Gasteiger partial charge >= 0.3 is 0 Å². The summed E-state index contributed by atoms with van der Waals surface area (Å²) in [4.78, 5) is 5.04. The van der Waals surface area contributed by atoms with Gasteiger partial charge in [-0.3, -0.25) is 4.57 Å². The topological polar surface area (TPSA) is 17.8 Å². The Morgan fingerprint density at radius 2 is 1.65 bits per heavy atom. The van der Waals surface area contributed by atoms with Gasteiger partial charge in [-0.25, -0.2) is 4.98 Å². The van der Waals surface area contributed by atoms with E-state index in [9.17, 15) is 0 Å². The summed E-state index contributed by atoms with van der Waals surface area (Å²) in [7, 11) is 0. The number of nitrogens with zero attached hydrogens (tertiary/aromatic N) is 2. The number of alkyl halides is 1. The minimum Gasteiger partial charge on any atom is -0.298 e. The van der Waals surface area contributed by atoms with Crippen LogP contribution in [-0.4, -0.2) is 14.4 Å². The van der Waals surface area contributed by atoms with E-state index in [-0.39, 0.29) is 0 Å². The smallest absolute Gasteiger partial charge is 0.145 e. The summed E-state index contributed by atoms with van der Waals surface area (Å²) in [5, 5.41) is 1.21. The van der Waals surface area contributed by atoms with Crippen LogP contribution in [0.5, 0.6) is 0 Å². The standard InChI is InChI=1S/C23H17BrN2/c24-18-10-13-20-21-7-4-14-25-23(21)26(22(20)15-18)19-11-8-17(9-12-19)16-5-2-1-3-6-16/h1-14,18H,15H2. The molecule has 1 aliphatic rings. The third-order valence-electron chi connectivity index (χ3n) is 4.96. The Kier molecular flexibility index (Phi) is 3.75. The molecule has 3 heteroatoms. The molecular weight excluding hydrogens is 384 g/mol. The molecule has 1 atom stereocenters. The van der Waals surface area contributed by atoms with Crippen molar-refractivity contribution in [1.29, 1.82) is 0 Å². The van der Waals surface area contributed by atoms with E-state index in [4.69, 9.17) is 0 Å². The molecule has 4 aromatic rings. The van der Waals surface area contributed by atoms with Gasteiger partial charge in [-0.05, 0) is 35.4 Å². The van der Waals surface area contributed by atoms with Crippen molar-refractivity contribution in [3.8, 4) is 16.8 Å². The second-order valence-electron chi connectivity index (χ2n) is 6.56. The van der Waals surface area contributed by atoms with E-state index in [1.807, 2.05) is 18.3 Å². The lowest BCUT2D eigenvalue weighted by molar-refractivity contribution is 0.901. The Labute approximate surface area is 160 Å². The Morgan fingerprint density at radius 3 is 2.46 bits per heavy atom. The van der Waals surface area contributed by atoms with Crippen LogP contribution in [0.25, 0.3) is 33.9 Å². The Hall–Kier alpha value is -2.65. The minimum atomic E-state index is 0.363. The van der Waals surface area contributed by atoms with E-state index in [0.717, 1.165) is 17.8 Å². The molecule has 0 spiro atoms. The summed E-state index contributed by atoms with van der Waals surface area (Å²) in [6, 6.07) is 23.4. The Balaban J connectivity index is 1.68. The molecule has 0 amide bonds. The highest BCUT2D eigenvalue weighted by Crippen LogP contribution is 2.34. The van der Waals surface area contributed by atoms with E-state index >= 15 is 0 Å². The van der Waals surface area contributed by atoms with Gasteiger partial charge in [-0.2, -0.15) is 0 Å². The van der Waals surface area contributed by atoms with E-state index in [1.54, 1.807) is 0 Å². The van der Waals surface area contributed by atoms with Crippen molar-refractivity contribution in [3.05, 3.63) is 90.3 Å². The molecule has 26 heavy (non-hydrogen) atoms. The van der Waals surface area contributed by atoms with Gasteiger partial charge in [0.05, 0.1) is 0 Å². The van der Waals surface area contributed by atoms with Crippen LogP contribution in [0.1, 0.15) is 11.3 Å². The molecule has 2 nitrogen and oxygen atoms in total. The molecule has 1 aliphatic carbocycles. The maximum atomic E-state index is 4.68. The van der Waals surface area contributed by atoms with Gasteiger partial charge < -0.3 is 0 Å². The normalized spacial score (nSPS) is 16.0. The lowest BCUT2D eigenvalue weighted by Gasteiger charge is -2.16. The van der Waals surface area contributed by atoms with Crippen molar-refractivity contribution < 1.29 is 0 Å². The number of hydrogen-bond donors (Lipinski definition) is 0. The summed E-state index contributed by atoms with van der Waals surface area (Å²) in [6.45, 7) is 0. The fourth-order valence-electron chi connectivity index (χ4n) is 3.74. The van der Waals surface area contributed by atoms with E-state index in [0.29, 0.717) is 4.83 Å². The maximum Gasteiger partial charge on any atom is 0.145 e. The van der Waals surface area contributed by atoms with Crippen molar-refractivity contribution in [3.63, 3.8) is 0 Å². The summed E-state index contributed by atoms with van der Waals surface area (Å²) in [5.41, 5.74) is 7.25. The van der Waals surface area contributed by atoms with Crippen LogP contribution in [-0.2, 0) is 6.42 Å². The number of hydrogen-bond acceptors (Lipinski definition) is 1. The number of aromatic nitrogens is 2. The molecule has 2 aromatic carbocycles. The first-order valence-corrected chi connectivity index (χ1v) is 9.69. The van der Waals surface area contributed by atoms with Crippen LogP contribution in [0.3, 0.4) is 0 Å². The molecule has 126 valence electrons. The van der Waals surface area contributed by atoms with Gasteiger partial charge in [-0.15, -0.1) is 0 Å². The average molecular weight is 401 g/mol. The first-order valence-electron chi connectivity index (χ1n) is 8.78. The molecular formula is C23H17BrN2. The number of benzene rings is 2. The molecule has 0 fully saturated rings. The third-order valence-corrected chi connectivity index (χ3v) is 5.59. The maximum absolute atomic E-state index is 4.68. The fraction of sp³-hybridized carbons (Fsp3) is 0.0870. The van der Waals surface area contributed by atoms with Gasteiger partial charge in [0.2, 0.25) is 0 Å². The van der Waals surface area contributed by atoms with Crippen LogP contribution in [0.2, 0.25) is 0 Å². The minimum absolute atomic E-state index is 0.363. The highest BCUT2D eigenvalue weighted by atomic mass is 79.9. The molecule has 1 unspecified atom stereocenters. The number of fused-ring (bicyclic) bond motifs is 3. The third kappa shape index (κ3) is 2.51. The predicted octanol–water partition coefficient (Wildman–Crippen LogP) is 6.03. The van der Waals surface area contributed by atoms with Crippen LogP contribution in [0.4, 0.5) is 0 Å². The average Bonchev–Trinajstić information content (AvgIpc) is 3.02. The van der Waals surface area contributed by atoms with E-state index in [2.05, 4.69) is 92.2 Å². The Bertz CT molecular complexity index is 1110. The monoisotopic (exact) mass is 400 g/mol. The summed E-state index contributed by atoms with van der Waals surface area (Å²) >= 11 is 3.74. The summed E-state index contributed by atoms with van der Waals surface area (Å²) in [6.07, 6.45) is 7.27. The zero-order valence-corrected chi connectivity index (χ0v) is 15.7. The zero-order valence-electron chi connectivity index (χ0n) is 14.1. The summed E-state index contributed by atoms with van der Waals surface area (Å²) < 4.78 is 2.30. The van der Waals surface area contributed by atoms with Gasteiger partial charge in [0, 0.05) is 39.8 Å². The zero-order chi connectivity index (χ0) is 17.5. The second-order valence-corrected chi connectivity index (χ2v) is 7.74. The highest BCUT2D eigenvalue weighted by molar-refractivity contribution is 9.09. The molecule has 0 aliphatic heterocycles. The predicted molar refractivity (Wildman–Crippen MR) is 112 cm³/mol.